The van der Waals surface area contributed by atoms with Gasteiger partial charge in [-0.15, -0.1) is 12.4 Å². The highest BCUT2D eigenvalue weighted by atomic mass is 35.5. The first-order chi connectivity index (χ1) is 12.7. The van der Waals surface area contributed by atoms with Gasteiger partial charge in [-0.2, -0.15) is 0 Å². The number of nitrogens with two attached hydrogens (primary N) is 1. The molecule has 6 heteroatoms. The summed E-state index contributed by atoms with van der Waals surface area (Å²) in [4.78, 5) is 28.7. The maximum atomic E-state index is 12.5. The number of hydrogen-bond donors (Lipinski definition) is 1. The average Bonchev–Trinajstić information content (AvgIpc) is 2.93. The Bertz CT molecular complexity index is 554. The molecule has 0 spiro atoms. The number of carbonyl (C=O) groups excluding carboxylic acids is 2. The number of carbonyl (C=O) groups is 2. The van der Waals surface area contributed by atoms with E-state index in [9.17, 15) is 9.59 Å². The second-order valence-electron chi connectivity index (χ2n) is 7.05. The van der Waals surface area contributed by atoms with Crippen LogP contribution < -0.4 is 5.73 Å². The highest BCUT2D eigenvalue weighted by molar-refractivity contribution is 5.85. The highest BCUT2D eigenvalue weighted by Gasteiger charge is 2.21. The van der Waals surface area contributed by atoms with E-state index < -0.39 is 0 Å². The van der Waals surface area contributed by atoms with E-state index in [2.05, 4.69) is 12.1 Å². The molecule has 1 aliphatic rings. The van der Waals surface area contributed by atoms with Crippen molar-refractivity contribution in [3.63, 3.8) is 0 Å². The molecule has 2 N–H and O–H groups in total. The van der Waals surface area contributed by atoms with Crippen molar-refractivity contribution in [2.24, 2.45) is 5.73 Å². The summed E-state index contributed by atoms with van der Waals surface area (Å²) >= 11 is 0. The van der Waals surface area contributed by atoms with Crippen molar-refractivity contribution in [3.05, 3.63) is 35.9 Å². The fourth-order valence-electron chi connectivity index (χ4n) is 3.40. The Labute approximate surface area is 169 Å². The van der Waals surface area contributed by atoms with Crippen LogP contribution in [0.3, 0.4) is 0 Å². The van der Waals surface area contributed by atoms with Crippen molar-refractivity contribution < 1.29 is 9.59 Å². The van der Waals surface area contributed by atoms with Gasteiger partial charge < -0.3 is 15.5 Å². The Morgan fingerprint density at radius 3 is 2.04 bits per heavy atom. The number of halogens is 1. The van der Waals surface area contributed by atoms with Crippen molar-refractivity contribution in [2.45, 2.75) is 51.4 Å². The van der Waals surface area contributed by atoms with E-state index in [4.69, 9.17) is 5.73 Å². The predicted molar refractivity (Wildman–Crippen MR) is 112 cm³/mol. The molecule has 0 atom stereocenters. The second kappa shape index (κ2) is 13.6. The van der Waals surface area contributed by atoms with Gasteiger partial charge >= 0.3 is 0 Å². The molecule has 0 saturated carbocycles. The molecule has 0 radical (unpaired) electrons. The van der Waals surface area contributed by atoms with Gasteiger partial charge in [0.2, 0.25) is 11.8 Å². The molecule has 0 aromatic heterocycles. The number of benzene rings is 1. The van der Waals surface area contributed by atoms with E-state index >= 15 is 0 Å². The first-order valence-electron chi connectivity index (χ1n) is 10.00. The minimum Gasteiger partial charge on any atom is -0.341 e. The molecule has 0 aliphatic carbocycles. The predicted octanol–water partition coefficient (Wildman–Crippen LogP) is 3.01. The van der Waals surface area contributed by atoms with E-state index in [-0.39, 0.29) is 24.2 Å². The van der Waals surface area contributed by atoms with E-state index in [1.165, 1.54) is 5.56 Å². The lowest BCUT2D eigenvalue weighted by molar-refractivity contribution is -0.133. The van der Waals surface area contributed by atoms with Crippen LogP contribution in [0.25, 0.3) is 0 Å². The van der Waals surface area contributed by atoms with Crippen LogP contribution in [0.2, 0.25) is 0 Å². The molecule has 152 valence electrons. The number of amides is 2. The number of unbranched alkanes of at least 4 members (excludes halogenated alkanes) is 3. The van der Waals surface area contributed by atoms with Crippen LogP contribution in [-0.4, -0.2) is 54.3 Å². The van der Waals surface area contributed by atoms with Crippen molar-refractivity contribution >= 4 is 24.2 Å². The largest absolute Gasteiger partial charge is 0.341 e. The van der Waals surface area contributed by atoms with E-state index in [0.29, 0.717) is 25.9 Å². The summed E-state index contributed by atoms with van der Waals surface area (Å²) in [6, 6.07) is 10.1. The fraction of sp³-hybridized carbons (Fsp3) is 0.619. The van der Waals surface area contributed by atoms with Gasteiger partial charge in [0.15, 0.2) is 0 Å². The third-order valence-corrected chi connectivity index (χ3v) is 5.02. The lowest BCUT2D eigenvalue weighted by atomic mass is 10.1. The number of hydrogen-bond acceptors (Lipinski definition) is 3. The van der Waals surface area contributed by atoms with Gasteiger partial charge in [-0.3, -0.25) is 9.59 Å². The maximum absolute atomic E-state index is 12.5. The molecule has 2 amide bonds. The molecule has 0 unspecified atom stereocenters. The zero-order chi connectivity index (χ0) is 18.6. The van der Waals surface area contributed by atoms with Crippen molar-refractivity contribution in [3.8, 4) is 0 Å². The minimum absolute atomic E-state index is 0. The topological polar surface area (TPSA) is 66.6 Å². The number of aryl methyl sites for hydroxylation is 1. The van der Waals surface area contributed by atoms with Crippen molar-refractivity contribution in [1.29, 1.82) is 0 Å². The normalized spacial score (nSPS) is 14.4. The Morgan fingerprint density at radius 2 is 1.41 bits per heavy atom. The zero-order valence-electron chi connectivity index (χ0n) is 16.3. The summed E-state index contributed by atoms with van der Waals surface area (Å²) in [6.07, 6.45) is 6.96. The molecule has 0 bridgehead atoms. The van der Waals surface area contributed by atoms with Crippen LogP contribution in [0.15, 0.2) is 30.3 Å². The van der Waals surface area contributed by atoms with Crippen LogP contribution in [0.4, 0.5) is 0 Å². The average molecular weight is 396 g/mol. The van der Waals surface area contributed by atoms with Crippen molar-refractivity contribution in [2.75, 3.05) is 32.7 Å². The summed E-state index contributed by atoms with van der Waals surface area (Å²) in [5.74, 6) is 0.432. The van der Waals surface area contributed by atoms with Crippen LogP contribution >= 0.6 is 12.4 Å². The lowest BCUT2D eigenvalue weighted by Gasteiger charge is -2.22. The molecule has 1 fully saturated rings. The molecule has 1 saturated heterocycles. The van der Waals surface area contributed by atoms with Crippen LogP contribution in [0.5, 0.6) is 0 Å². The summed E-state index contributed by atoms with van der Waals surface area (Å²) in [7, 11) is 0. The van der Waals surface area contributed by atoms with Crippen molar-refractivity contribution in [1.82, 2.24) is 9.80 Å². The van der Waals surface area contributed by atoms with Gasteiger partial charge in [0, 0.05) is 39.0 Å². The SMILES string of the molecule is Cl.NCCCCCCC(=O)N1CCCN(C(=O)CCc2ccccc2)CC1. The minimum atomic E-state index is 0. The molecule has 1 heterocycles. The van der Waals surface area contributed by atoms with Crippen LogP contribution in [0.1, 0.15) is 50.5 Å². The summed E-state index contributed by atoms with van der Waals surface area (Å²) in [5, 5.41) is 0. The number of nitrogens with zero attached hydrogens (tertiary/aromatic N) is 2. The van der Waals surface area contributed by atoms with E-state index in [0.717, 1.165) is 58.2 Å². The Kier molecular flexibility index (Phi) is 11.8. The smallest absolute Gasteiger partial charge is 0.222 e. The van der Waals surface area contributed by atoms with Gasteiger partial charge in [-0.05, 0) is 37.8 Å². The van der Waals surface area contributed by atoms with Gasteiger partial charge in [0.05, 0.1) is 0 Å². The molecule has 5 nitrogen and oxygen atoms in total. The Balaban J connectivity index is 0.00000364. The number of rotatable bonds is 9. The fourth-order valence-corrected chi connectivity index (χ4v) is 3.40. The standard InChI is InChI=1S/C21H33N3O2.ClH/c22-14-7-2-1-6-11-20(25)23-15-8-16-24(18-17-23)21(26)13-12-19-9-4-3-5-10-19;/h3-5,9-10H,1-2,6-8,11-18,22H2;1H. The van der Waals surface area contributed by atoms with Crippen LogP contribution in [-0.2, 0) is 16.0 Å². The molecule has 2 rings (SSSR count). The molecular weight excluding hydrogens is 362 g/mol. The highest BCUT2D eigenvalue weighted by Crippen LogP contribution is 2.11. The monoisotopic (exact) mass is 395 g/mol. The van der Waals surface area contributed by atoms with E-state index in [1.54, 1.807) is 0 Å². The van der Waals surface area contributed by atoms with Crippen LogP contribution in [0, 0.1) is 0 Å². The summed E-state index contributed by atoms with van der Waals surface area (Å²) in [5.41, 5.74) is 6.69. The maximum Gasteiger partial charge on any atom is 0.222 e. The summed E-state index contributed by atoms with van der Waals surface area (Å²) in [6.45, 7) is 3.58. The van der Waals surface area contributed by atoms with E-state index in [1.807, 2.05) is 28.0 Å². The quantitative estimate of drug-likeness (QED) is 0.653. The third kappa shape index (κ3) is 8.76. The van der Waals surface area contributed by atoms with Gasteiger partial charge in [0.25, 0.3) is 0 Å². The Hall–Kier alpha value is -1.59. The van der Waals surface area contributed by atoms with Gasteiger partial charge in [-0.1, -0.05) is 43.2 Å². The second-order valence-corrected chi connectivity index (χ2v) is 7.05. The molecule has 1 aromatic carbocycles. The zero-order valence-corrected chi connectivity index (χ0v) is 17.1. The van der Waals surface area contributed by atoms with Gasteiger partial charge in [-0.25, -0.2) is 0 Å². The van der Waals surface area contributed by atoms with Gasteiger partial charge in [0.1, 0.15) is 0 Å². The third-order valence-electron chi connectivity index (χ3n) is 5.02. The molecule has 1 aromatic rings. The lowest BCUT2D eigenvalue weighted by Crippen LogP contribution is -2.37. The molecule has 27 heavy (non-hydrogen) atoms. The molecular formula is C21H34ClN3O2. The first-order valence-corrected chi connectivity index (χ1v) is 10.00. The Morgan fingerprint density at radius 1 is 0.815 bits per heavy atom. The first kappa shape index (κ1) is 23.4. The molecule has 1 aliphatic heterocycles. The summed E-state index contributed by atoms with van der Waals surface area (Å²) < 4.78 is 0.